The third-order valence-corrected chi connectivity index (χ3v) is 8.38. The lowest BCUT2D eigenvalue weighted by atomic mass is 9.95. The van der Waals surface area contributed by atoms with Crippen LogP contribution in [0, 0.1) is 6.92 Å². The monoisotopic (exact) mass is 511 g/mol. The zero-order valence-corrected chi connectivity index (χ0v) is 21.5. The first-order chi connectivity index (χ1) is 18.0. The van der Waals surface area contributed by atoms with Crippen molar-refractivity contribution in [1.29, 1.82) is 0 Å². The van der Waals surface area contributed by atoms with E-state index in [-0.39, 0.29) is 10.6 Å². The Hall–Kier alpha value is -3.84. The van der Waals surface area contributed by atoms with Crippen LogP contribution in [0.3, 0.4) is 0 Å². The Morgan fingerprint density at radius 2 is 1.68 bits per heavy atom. The van der Waals surface area contributed by atoms with Gasteiger partial charge in [-0.1, -0.05) is 67.8 Å². The van der Waals surface area contributed by atoms with Crippen LogP contribution in [0.2, 0.25) is 0 Å². The van der Waals surface area contributed by atoms with Crippen LogP contribution in [0.4, 0.5) is 5.82 Å². The summed E-state index contributed by atoms with van der Waals surface area (Å²) in [5, 5.41) is 5.20. The number of rotatable bonds is 6. The van der Waals surface area contributed by atoms with Gasteiger partial charge in [-0.3, -0.25) is 4.40 Å². The predicted molar refractivity (Wildman–Crippen MR) is 148 cm³/mol. The molecule has 6 rings (SSSR count). The second-order valence-electron chi connectivity index (χ2n) is 9.73. The first-order valence-corrected chi connectivity index (χ1v) is 14.2. The average Bonchev–Trinajstić information content (AvgIpc) is 3.26. The first-order valence-electron chi connectivity index (χ1n) is 12.8. The number of fused-ring (bicyclic) bond motifs is 2. The number of benzene rings is 3. The zero-order valence-electron chi connectivity index (χ0n) is 20.7. The van der Waals surface area contributed by atoms with E-state index in [1.54, 1.807) is 30.3 Å². The number of anilines is 1. The molecule has 0 spiro atoms. The van der Waals surface area contributed by atoms with Gasteiger partial charge in [0.05, 0.1) is 0 Å². The number of hydrogen-bond donors (Lipinski definition) is 1. The predicted octanol–water partition coefficient (Wildman–Crippen LogP) is 6.98. The SMILES string of the molecule is Cc1ccn2c(NC3CCCCC3)c(-c3ccccc3OS(=O)(=O)c3cccc4ccccc34)nc2c1. The van der Waals surface area contributed by atoms with Gasteiger partial charge in [-0.2, -0.15) is 8.42 Å². The second-order valence-corrected chi connectivity index (χ2v) is 11.2. The quantitative estimate of drug-likeness (QED) is 0.249. The largest absolute Gasteiger partial charge is 0.378 e. The molecule has 0 saturated heterocycles. The smallest absolute Gasteiger partial charge is 0.339 e. The summed E-state index contributed by atoms with van der Waals surface area (Å²) in [7, 11) is -4.10. The summed E-state index contributed by atoms with van der Waals surface area (Å²) in [5.41, 5.74) is 3.22. The van der Waals surface area contributed by atoms with Crippen LogP contribution in [0.15, 0.2) is 90.0 Å². The van der Waals surface area contributed by atoms with Gasteiger partial charge in [0, 0.05) is 23.2 Å². The maximum atomic E-state index is 13.6. The van der Waals surface area contributed by atoms with Crippen LogP contribution in [0.5, 0.6) is 5.75 Å². The highest BCUT2D eigenvalue weighted by Crippen LogP contribution is 2.38. The van der Waals surface area contributed by atoms with E-state index in [0.717, 1.165) is 35.3 Å². The Kier molecular flexibility index (Phi) is 6.08. The summed E-state index contributed by atoms with van der Waals surface area (Å²) in [5.74, 6) is 1.11. The summed E-state index contributed by atoms with van der Waals surface area (Å²) in [6, 6.07) is 24.3. The Morgan fingerprint density at radius 3 is 2.54 bits per heavy atom. The van der Waals surface area contributed by atoms with Gasteiger partial charge in [0.25, 0.3) is 0 Å². The van der Waals surface area contributed by atoms with Crippen LogP contribution in [0.25, 0.3) is 27.7 Å². The Labute approximate surface area is 217 Å². The highest BCUT2D eigenvalue weighted by Gasteiger charge is 2.25. The number of imidazole rings is 1. The molecule has 6 nitrogen and oxygen atoms in total. The molecular formula is C30H29N3O3S. The van der Waals surface area contributed by atoms with E-state index in [4.69, 9.17) is 9.17 Å². The maximum Gasteiger partial charge on any atom is 0.339 e. The molecule has 0 atom stereocenters. The average molecular weight is 512 g/mol. The molecule has 0 amide bonds. The second kappa shape index (κ2) is 9.56. The molecule has 3 aromatic carbocycles. The summed E-state index contributed by atoms with van der Waals surface area (Å²) >= 11 is 0. The molecule has 0 unspecified atom stereocenters. The number of aromatic nitrogens is 2. The number of pyridine rings is 1. The molecule has 188 valence electrons. The Morgan fingerprint density at radius 1 is 0.919 bits per heavy atom. The molecular weight excluding hydrogens is 482 g/mol. The third kappa shape index (κ3) is 4.55. The molecule has 0 bridgehead atoms. The van der Waals surface area contributed by atoms with Gasteiger partial charge in [-0.05, 0) is 61.0 Å². The molecule has 2 aromatic heterocycles. The van der Waals surface area contributed by atoms with E-state index >= 15 is 0 Å². The van der Waals surface area contributed by atoms with Gasteiger partial charge in [0.1, 0.15) is 22.1 Å². The number of aryl methyl sites for hydroxylation is 1. The topological polar surface area (TPSA) is 72.7 Å². The fourth-order valence-electron chi connectivity index (χ4n) is 5.22. The molecule has 37 heavy (non-hydrogen) atoms. The lowest BCUT2D eigenvalue weighted by molar-refractivity contribution is 0.461. The van der Waals surface area contributed by atoms with Crippen LogP contribution >= 0.6 is 0 Å². The fraction of sp³-hybridized carbons (Fsp3) is 0.233. The lowest BCUT2D eigenvalue weighted by Gasteiger charge is -2.24. The van der Waals surface area contributed by atoms with Gasteiger partial charge in [-0.25, -0.2) is 4.98 Å². The minimum Gasteiger partial charge on any atom is -0.378 e. The van der Waals surface area contributed by atoms with Crippen molar-refractivity contribution in [3.8, 4) is 17.0 Å². The third-order valence-electron chi connectivity index (χ3n) is 7.09. The minimum absolute atomic E-state index is 0.145. The number of nitrogens with one attached hydrogen (secondary N) is 1. The van der Waals surface area contributed by atoms with Crippen molar-refractivity contribution in [2.24, 2.45) is 0 Å². The fourth-order valence-corrected chi connectivity index (χ4v) is 6.40. The van der Waals surface area contributed by atoms with Crippen molar-refractivity contribution < 1.29 is 12.6 Å². The molecule has 5 aromatic rings. The number of nitrogens with zero attached hydrogens (tertiary/aromatic N) is 2. The lowest BCUT2D eigenvalue weighted by Crippen LogP contribution is -2.23. The van der Waals surface area contributed by atoms with Crippen molar-refractivity contribution >= 4 is 32.4 Å². The highest BCUT2D eigenvalue weighted by molar-refractivity contribution is 7.87. The molecule has 1 aliphatic rings. The van der Waals surface area contributed by atoms with Crippen LogP contribution < -0.4 is 9.50 Å². The van der Waals surface area contributed by atoms with E-state index in [1.807, 2.05) is 60.0 Å². The van der Waals surface area contributed by atoms with Crippen molar-refractivity contribution in [2.45, 2.75) is 50.0 Å². The van der Waals surface area contributed by atoms with Gasteiger partial charge in [0.15, 0.2) is 5.75 Å². The van der Waals surface area contributed by atoms with E-state index in [2.05, 4.69) is 11.4 Å². The Balaban J connectivity index is 1.45. The molecule has 0 aliphatic heterocycles. The molecule has 1 aliphatic carbocycles. The summed E-state index contributed by atoms with van der Waals surface area (Å²) < 4.78 is 35.0. The highest BCUT2D eigenvalue weighted by atomic mass is 32.2. The molecule has 1 N–H and O–H groups in total. The molecule has 1 fully saturated rings. The van der Waals surface area contributed by atoms with Crippen LogP contribution in [-0.2, 0) is 10.1 Å². The molecule has 7 heteroatoms. The van der Waals surface area contributed by atoms with Gasteiger partial charge in [0.2, 0.25) is 0 Å². The van der Waals surface area contributed by atoms with E-state index < -0.39 is 10.1 Å². The van der Waals surface area contributed by atoms with Crippen LogP contribution in [0.1, 0.15) is 37.7 Å². The minimum atomic E-state index is -4.10. The van der Waals surface area contributed by atoms with Gasteiger partial charge >= 0.3 is 10.1 Å². The normalized spacial score (nSPS) is 14.7. The first kappa shape index (κ1) is 23.6. The van der Waals surface area contributed by atoms with Crippen LogP contribution in [-0.4, -0.2) is 23.8 Å². The van der Waals surface area contributed by atoms with E-state index in [1.165, 1.54) is 19.3 Å². The molecule has 1 saturated carbocycles. The van der Waals surface area contributed by atoms with Crippen molar-refractivity contribution in [3.63, 3.8) is 0 Å². The van der Waals surface area contributed by atoms with Crippen molar-refractivity contribution in [2.75, 3.05) is 5.32 Å². The molecule has 0 radical (unpaired) electrons. The Bertz CT molecular complexity index is 1700. The summed E-state index contributed by atoms with van der Waals surface area (Å²) in [6.45, 7) is 2.04. The standard InChI is InChI=1S/C30H29N3O3S/c1-21-18-19-33-28(20-21)32-29(30(33)31-23-12-3-2-4-13-23)25-15-7-8-16-26(25)36-37(34,35)27-17-9-11-22-10-5-6-14-24(22)27/h5-11,14-20,23,31H,2-4,12-13H2,1H3. The zero-order chi connectivity index (χ0) is 25.4. The van der Waals surface area contributed by atoms with E-state index in [0.29, 0.717) is 22.7 Å². The van der Waals surface area contributed by atoms with Gasteiger partial charge < -0.3 is 9.50 Å². The summed E-state index contributed by atoms with van der Waals surface area (Å²) in [6.07, 6.45) is 7.89. The van der Waals surface area contributed by atoms with Crippen molar-refractivity contribution in [1.82, 2.24) is 9.38 Å². The van der Waals surface area contributed by atoms with E-state index in [9.17, 15) is 8.42 Å². The maximum absolute atomic E-state index is 13.6. The number of para-hydroxylation sites is 1. The van der Waals surface area contributed by atoms with Crippen molar-refractivity contribution in [3.05, 3.63) is 90.6 Å². The molecule has 2 heterocycles. The summed E-state index contributed by atoms with van der Waals surface area (Å²) in [4.78, 5) is 5.09. The number of hydrogen-bond acceptors (Lipinski definition) is 5. The van der Waals surface area contributed by atoms with Gasteiger partial charge in [-0.15, -0.1) is 0 Å².